The van der Waals surface area contributed by atoms with Crippen molar-refractivity contribution in [1.82, 2.24) is 19.2 Å². The van der Waals surface area contributed by atoms with Crippen LogP contribution >= 0.6 is 0 Å². The van der Waals surface area contributed by atoms with Crippen LogP contribution < -0.4 is 0 Å². The van der Waals surface area contributed by atoms with E-state index in [-0.39, 0.29) is 13.0 Å². The maximum absolute atomic E-state index is 12.0. The van der Waals surface area contributed by atoms with Gasteiger partial charge in [0.2, 0.25) is 0 Å². The number of ether oxygens (including phenoxy) is 1. The summed E-state index contributed by atoms with van der Waals surface area (Å²) in [4.78, 5) is 16.7. The van der Waals surface area contributed by atoms with Gasteiger partial charge in [-0.3, -0.25) is 4.68 Å². The fourth-order valence-electron chi connectivity index (χ4n) is 3.09. The molecular formula is C19H19N5O2. The van der Waals surface area contributed by atoms with Crippen molar-refractivity contribution in [2.24, 2.45) is 0 Å². The Kier molecular flexibility index (Phi) is 4.17. The lowest BCUT2D eigenvalue weighted by Crippen LogP contribution is -2.06. The molecular weight excluding hydrogens is 330 g/mol. The molecule has 0 N–H and O–H groups in total. The first kappa shape index (κ1) is 16.3. The van der Waals surface area contributed by atoms with Crippen molar-refractivity contribution in [2.45, 2.75) is 38.6 Å². The Labute approximate surface area is 150 Å². The summed E-state index contributed by atoms with van der Waals surface area (Å²) < 4.78 is 8.72. The molecule has 1 fully saturated rings. The molecule has 0 spiro atoms. The lowest BCUT2D eigenvalue weighted by atomic mass is 10.2. The fraction of sp³-hybridized carbons (Fsp3) is 0.368. The summed E-state index contributed by atoms with van der Waals surface area (Å²) >= 11 is 0. The molecule has 0 radical (unpaired) electrons. The van der Waals surface area contributed by atoms with E-state index in [0.29, 0.717) is 23.7 Å². The third-order valence-corrected chi connectivity index (χ3v) is 4.48. The molecule has 0 aliphatic heterocycles. The molecule has 1 saturated carbocycles. The number of rotatable bonds is 6. The predicted molar refractivity (Wildman–Crippen MR) is 93.8 cm³/mol. The molecule has 0 unspecified atom stereocenters. The summed E-state index contributed by atoms with van der Waals surface area (Å²) in [7, 11) is 0. The van der Waals surface area contributed by atoms with E-state index in [1.54, 1.807) is 17.8 Å². The maximum Gasteiger partial charge on any atom is 0.341 e. The first-order valence-corrected chi connectivity index (χ1v) is 8.76. The third-order valence-electron chi connectivity index (χ3n) is 4.48. The largest absolute Gasteiger partial charge is 0.462 e. The summed E-state index contributed by atoms with van der Waals surface area (Å²) in [5.41, 5.74) is 3.86. The van der Waals surface area contributed by atoms with Crippen LogP contribution in [0, 0.1) is 11.3 Å². The van der Waals surface area contributed by atoms with E-state index in [2.05, 4.69) is 22.3 Å². The molecule has 7 heteroatoms. The van der Waals surface area contributed by atoms with Gasteiger partial charge in [0.25, 0.3) is 0 Å². The molecule has 3 aromatic heterocycles. The summed E-state index contributed by atoms with van der Waals surface area (Å²) in [5, 5.41) is 13.3. The molecule has 1 aliphatic carbocycles. The zero-order chi connectivity index (χ0) is 18.1. The van der Waals surface area contributed by atoms with Crippen LogP contribution in [0.2, 0.25) is 0 Å². The van der Waals surface area contributed by atoms with Crippen molar-refractivity contribution in [3.63, 3.8) is 0 Å². The van der Waals surface area contributed by atoms with E-state index < -0.39 is 5.97 Å². The number of imidazole rings is 1. The maximum atomic E-state index is 12.0. The first-order valence-electron chi connectivity index (χ1n) is 8.76. The molecule has 26 heavy (non-hydrogen) atoms. The second-order valence-corrected chi connectivity index (χ2v) is 6.48. The number of aromatic nitrogens is 4. The van der Waals surface area contributed by atoms with Gasteiger partial charge in [-0.25, -0.2) is 9.78 Å². The minimum Gasteiger partial charge on any atom is -0.462 e. The highest BCUT2D eigenvalue weighted by molar-refractivity contribution is 5.90. The summed E-state index contributed by atoms with van der Waals surface area (Å²) in [6.07, 6.45) is 8.34. The number of hydrogen-bond acceptors (Lipinski definition) is 5. The summed E-state index contributed by atoms with van der Waals surface area (Å²) in [5.74, 6) is 0.241. The number of esters is 1. The first-order chi connectivity index (χ1) is 12.7. The van der Waals surface area contributed by atoms with Gasteiger partial charge in [-0.1, -0.05) is 6.07 Å². The van der Waals surface area contributed by atoms with Crippen LogP contribution in [0.1, 0.15) is 53.0 Å². The Hall–Kier alpha value is -3.14. The van der Waals surface area contributed by atoms with Gasteiger partial charge < -0.3 is 9.14 Å². The van der Waals surface area contributed by atoms with Crippen LogP contribution in [0.15, 0.2) is 30.7 Å². The van der Waals surface area contributed by atoms with E-state index in [0.717, 1.165) is 11.3 Å². The second-order valence-electron chi connectivity index (χ2n) is 6.48. The van der Waals surface area contributed by atoms with Crippen molar-refractivity contribution < 1.29 is 9.53 Å². The van der Waals surface area contributed by atoms with E-state index in [1.165, 1.54) is 18.4 Å². The van der Waals surface area contributed by atoms with Crippen LogP contribution in [-0.4, -0.2) is 31.7 Å². The average Bonchev–Trinajstić information content (AvgIpc) is 3.28. The Morgan fingerprint density at radius 3 is 2.92 bits per heavy atom. The molecule has 0 aromatic carbocycles. The highest BCUT2D eigenvalue weighted by Gasteiger charge is 2.24. The van der Waals surface area contributed by atoms with Crippen molar-refractivity contribution in [1.29, 1.82) is 5.26 Å². The monoisotopic (exact) mass is 349 g/mol. The van der Waals surface area contributed by atoms with Crippen LogP contribution in [0.3, 0.4) is 0 Å². The van der Waals surface area contributed by atoms with Crippen LogP contribution in [0.5, 0.6) is 0 Å². The number of carbonyl (C=O) groups excluding carboxylic acids is 1. The Morgan fingerprint density at radius 1 is 1.35 bits per heavy atom. The van der Waals surface area contributed by atoms with Gasteiger partial charge in [0.05, 0.1) is 37.0 Å². The minimum atomic E-state index is -0.451. The Balaban J connectivity index is 1.60. The van der Waals surface area contributed by atoms with Crippen LogP contribution in [0.25, 0.3) is 5.65 Å². The van der Waals surface area contributed by atoms with E-state index in [9.17, 15) is 4.79 Å². The van der Waals surface area contributed by atoms with Gasteiger partial charge in [0.1, 0.15) is 11.2 Å². The van der Waals surface area contributed by atoms with Gasteiger partial charge in [-0.05, 0) is 37.3 Å². The lowest BCUT2D eigenvalue weighted by molar-refractivity contribution is 0.0525. The third kappa shape index (κ3) is 3.18. The zero-order valence-corrected chi connectivity index (χ0v) is 14.6. The quantitative estimate of drug-likeness (QED) is 0.639. The normalized spacial score (nSPS) is 13.7. The lowest BCUT2D eigenvalue weighted by Gasteiger charge is -1.98. The molecule has 0 bridgehead atoms. The molecule has 3 aromatic rings. The fourth-order valence-corrected chi connectivity index (χ4v) is 3.09. The topological polar surface area (TPSA) is 85.2 Å². The van der Waals surface area contributed by atoms with Crippen LogP contribution in [0.4, 0.5) is 0 Å². The highest BCUT2D eigenvalue weighted by atomic mass is 16.5. The number of pyridine rings is 1. The SMILES string of the molecule is CCOC(=O)c1cn(Cc2cn3cc(C4CC4)ccc3n2)nc1CC#N. The predicted octanol–water partition coefficient (Wildman–Crippen LogP) is 2.70. The average molecular weight is 349 g/mol. The number of hydrogen-bond donors (Lipinski definition) is 0. The van der Waals surface area contributed by atoms with E-state index in [4.69, 9.17) is 10.00 Å². The van der Waals surface area contributed by atoms with Gasteiger partial charge in [-0.15, -0.1) is 0 Å². The Morgan fingerprint density at radius 2 is 2.19 bits per heavy atom. The molecule has 0 saturated heterocycles. The van der Waals surface area contributed by atoms with Crippen molar-refractivity contribution in [3.05, 3.63) is 53.2 Å². The van der Waals surface area contributed by atoms with Crippen molar-refractivity contribution in [3.8, 4) is 6.07 Å². The Bertz CT molecular complexity index is 1010. The molecule has 1 aliphatic rings. The minimum absolute atomic E-state index is 0.0665. The van der Waals surface area contributed by atoms with Gasteiger partial charge in [0.15, 0.2) is 0 Å². The molecule has 3 heterocycles. The van der Waals surface area contributed by atoms with Gasteiger partial charge >= 0.3 is 5.97 Å². The number of nitriles is 1. The molecule has 132 valence electrons. The van der Waals surface area contributed by atoms with Crippen LogP contribution in [-0.2, 0) is 17.7 Å². The summed E-state index contributed by atoms with van der Waals surface area (Å²) in [6, 6.07) is 6.21. The molecule has 4 rings (SSSR count). The smallest absolute Gasteiger partial charge is 0.341 e. The second kappa shape index (κ2) is 6.64. The molecule has 7 nitrogen and oxygen atoms in total. The summed E-state index contributed by atoms with van der Waals surface area (Å²) in [6.45, 7) is 2.46. The van der Waals surface area contributed by atoms with Gasteiger partial charge in [0, 0.05) is 18.6 Å². The number of nitrogens with zero attached hydrogens (tertiary/aromatic N) is 5. The van der Waals surface area contributed by atoms with E-state index in [1.807, 2.05) is 22.7 Å². The van der Waals surface area contributed by atoms with Gasteiger partial charge in [-0.2, -0.15) is 10.4 Å². The van der Waals surface area contributed by atoms with E-state index >= 15 is 0 Å². The zero-order valence-electron chi connectivity index (χ0n) is 14.6. The molecule has 0 atom stereocenters. The molecule has 0 amide bonds. The highest BCUT2D eigenvalue weighted by Crippen LogP contribution is 2.39. The number of carbonyl (C=O) groups is 1. The van der Waals surface area contributed by atoms with Crippen molar-refractivity contribution >= 4 is 11.6 Å². The van der Waals surface area contributed by atoms with Crippen molar-refractivity contribution in [2.75, 3.05) is 6.61 Å². The number of fused-ring (bicyclic) bond motifs is 1. The standard InChI is InChI=1S/C19H19N5O2/c1-2-26-19(25)16-12-24(22-17(16)7-8-20)11-15-10-23-9-14(13-3-4-13)5-6-18(23)21-15/h5-6,9-10,12-13H,2-4,7,11H2,1H3.